The number of oxime groups is 1. The molecule has 0 aromatic heterocycles. The van der Waals surface area contributed by atoms with E-state index in [1.165, 1.54) is 6.08 Å². The van der Waals surface area contributed by atoms with Gasteiger partial charge in [-0.05, 0) is 43.4 Å². The van der Waals surface area contributed by atoms with Gasteiger partial charge in [0.1, 0.15) is 5.71 Å². The van der Waals surface area contributed by atoms with Crippen molar-refractivity contribution in [3.05, 3.63) is 35.5 Å². The monoisotopic (exact) mass is 289 g/mol. The maximum absolute atomic E-state index is 11.8. The lowest BCUT2D eigenvalue weighted by Gasteiger charge is -2.14. The number of nitrogens with zero attached hydrogens (tertiary/aromatic N) is 1. The van der Waals surface area contributed by atoms with Gasteiger partial charge in [-0.3, -0.25) is 4.79 Å². The molecule has 1 aliphatic rings. The van der Waals surface area contributed by atoms with Crippen molar-refractivity contribution in [1.29, 1.82) is 0 Å². The number of hydrogen-bond acceptors (Lipinski definition) is 4. The summed E-state index contributed by atoms with van der Waals surface area (Å²) in [6.07, 6.45) is 9.11. The first-order chi connectivity index (χ1) is 9.95. The first-order valence-electron chi connectivity index (χ1n) is 7.33. The standard InChI is InChI=1S/C17H23NO3/c1-5-6-7-8-9-17(20)21-18-15-11-14(12(2)3)16(19)10-13(15)4/h6-7,10-12H,5,8-9H2,1-4H3/b7-6+,18-15-. The lowest BCUT2D eigenvalue weighted by Crippen LogP contribution is -2.16. The molecule has 0 radical (unpaired) electrons. The molecule has 4 heteroatoms. The molecule has 0 spiro atoms. The van der Waals surface area contributed by atoms with Crippen molar-refractivity contribution in [1.82, 2.24) is 0 Å². The van der Waals surface area contributed by atoms with E-state index in [-0.39, 0.29) is 17.7 Å². The average molecular weight is 289 g/mol. The minimum absolute atomic E-state index is 0.00233. The number of carbonyl (C=O) groups excluding carboxylic acids is 2. The fourth-order valence-corrected chi connectivity index (χ4v) is 1.87. The summed E-state index contributed by atoms with van der Waals surface area (Å²) in [6.45, 7) is 7.71. The Morgan fingerprint density at radius 2 is 2.05 bits per heavy atom. The van der Waals surface area contributed by atoms with Crippen LogP contribution in [0.1, 0.15) is 47.0 Å². The lowest BCUT2D eigenvalue weighted by atomic mass is 9.90. The van der Waals surface area contributed by atoms with Crippen molar-refractivity contribution >= 4 is 17.5 Å². The van der Waals surface area contributed by atoms with Crippen LogP contribution in [-0.2, 0) is 14.4 Å². The fraction of sp³-hybridized carbons (Fsp3) is 0.471. The van der Waals surface area contributed by atoms with Crippen LogP contribution in [-0.4, -0.2) is 17.5 Å². The summed E-state index contributed by atoms with van der Waals surface area (Å²) in [6, 6.07) is 0. The Hall–Kier alpha value is -1.97. The number of allylic oxidation sites excluding steroid dienone is 6. The molecule has 0 aromatic carbocycles. The van der Waals surface area contributed by atoms with Crippen molar-refractivity contribution < 1.29 is 14.4 Å². The van der Waals surface area contributed by atoms with Crippen LogP contribution in [0.5, 0.6) is 0 Å². The Bertz CT molecular complexity index is 522. The molecule has 0 saturated heterocycles. The Kier molecular flexibility index (Phi) is 6.79. The van der Waals surface area contributed by atoms with Crippen LogP contribution in [0.25, 0.3) is 0 Å². The maximum atomic E-state index is 11.8. The molecule has 0 heterocycles. The lowest BCUT2D eigenvalue weighted by molar-refractivity contribution is -0.143. The van der Waals surface area contributed by atoms with E-state index < -0.39 is 0 Å². The number of ketones is 1. The van der Waals surface area contributed by atoms with Gasteiger partial charge in [0.25, 0.3) is 0 Å². The summed E-state index contributed by atoms with van der Waals surface area (Å²) in [5, 5.41) is 3.88. The Morgan fingerprint density at radius 3 is 2.67 bits per heavy atom. The zero-order chi connectivity index (χ0) is 15.8. The Balaban J connectivity index is 2.66. The zero-order valence-corrected chi connectivity index (χ0v) is 13.2. The third-order valence-corrected chi connectivity index (χ3v) is 3.11. The highest BCUT2D eigenvalue weighted by Crippen LogP contribution is 2.19. The molecular weight excluding hydrogens is 266 g/mol. The number of rotatable bonds is 6. The molecule has 1 aliphatic carbocycles. The van der Waals surface area contributed by atoms with Crippen molar-refractivity contribution in [2.24, 2.45) is 11.1 Å². The van der Waals surface area contributed by atoms with Crippen LogP contribution in [0, 0.1) is 5.92 Å². The largest absolute Gasteiger partial charge is 0.335 e. The van der Waals surface area contributed by atoms with Gasteiger partial charge in [0.2, 0.25) is 0 Å². The first-order valence-corrected chi connectivity index (χ1v) is 7.33. The molecule has 1 rings (SSSR count). The van der Waals surface area contributed by atoms with E-state index in [0.29, 0.717) is 29.7 Å². The van der Waals surface area contributed by atoms with Crippen LogP contribution in [0.3, 0.4) is 0 Å². The van der Waals surface area contributed by atoms with Crippen LogP contribution in [0.4, 0.5) is 0 Å². The van der Waals surface area contributed by atoms with Crippen LogP contribution < -0.4 is 0 Å². The predicted octanol–water partition coefficient (Wildman–Crippen LogP) is 3.74. The first kappa shape index (κ1) is 17.1. The summed E-state index contributed by atoms with van der Waals surface area (Å²) in [4.78, 5) is 28.3. The summed E-state index contributed by atoms with van der Waals surface area (Å²) in [7, 11) is 0. The van der Waals surface area contributed by atoms with Gasteiger partial charge in [0, 0.05) is 5.57 Å². The molecule has 0 fully saturated rings. The molecule has 0 aliphatic heterocycles. The summed E-state index contributed by atoms with van der Waals surface area (Å²) >= 11 is 0. The predicted molar refractivity (Wildman–Crippen MR) is 83.9 cm³/mol. The molecular formula is C17H23NO3. The quantitative estimate of drug-likeness (QED) is 0.324. The fourth-order valence-electron chi connectivity index (χ4n) is 1.87. The molecule has 114 valence electrons. The molecule has 0 atom stereocenters. The topological polar surface area (TPSA) is 55.7 Å². The zero-order valence-electron chi connectivity index (χ0n) is 13.2. The minimum Gasteiger partial charge on any atom is -0.318 e. The van der Waals surface area contributed by atoms with Crippen LogP contribution in [0.2, 0.25) is 0 Å². The number of carbonyl (C=O) groups is 2. The molecule has 0 aromatic rings. The maximum Gasteiger partial charge on any atom is 0.335 e. The molecule has 0 saturated carbocycles. The van der Waals surface area contributed by atoms with Gasteiger partial charge in [-0.15, -0.1) is 0 Å². The summed E-state index contributed by atoms with van der Waals surface area (Å²) in [5.41, 5.74) is 1.93. The van der Waals surface area contributed by atoms with Crippen LogP contribution in [0.15, 0.2) is 40.6 Å². The smallest absolute Gasteiger partial charge is 0.318 e. The molecule has 4 nitrogen and oxygen atoms in total. The normalized spacial score (nSPS) is 17.4. The Morgan fingerprint density at radius 1 is 1.33 bits per heavy atom. The average Bonchev–Trinajstić information content (AvgIpc) is 2.42. The van der Waals surface area contributed by atoms with Crippen molar-refractivity contribution in [3.63, 3.8) is 0 Å². The summed E-state index contributed by atoms with van der Waals surface area (Å²) in [5.74, 6) is -0.258. The molecule has 0 amide bonds. The molecule has 0 N–H and O–H groups in total. The summed E-state index contributed by atoms with van der Waals surface area (Å²) < 4.78 is 0. The SMILES string of the molecule is CC/C=C/CCC(=O)O/N=C1/C=C(C(C)C)C(=O)C=C1C. The van der Waals surface area contributed by atoms with Gasteiger partial charge in [0.15, 0.2) is 5.78 Å². The second-order valence-corrected chi connectivity index (χ2v) is 5.30. The highest BCUT2D eigenvalue weighted by molar-refractivity contribution is 6.21. The van der Waals surface area contributed by atoms with Crippen molar-refractivity contribution in [3.8, 4) is 0 Å². The van der Waals surface area contributed by atoms with Gasteiger partial charge in [-0.1, -0.05) is 38.1 Å². The Labute approximate surface area is 126 Å². The van der Waals surface area contributed by atoms with Gasteiger partial charge in [0.05, 0.1) is 6.42 Å². The van der Waals surface area contributed by atoms with E-state index in [2.05, 4.69) is 5.16 Å². The van der Waals surface area contributed by atoms with E-state index in [1.54, 1.807) is 13.0 Å². The second kappa shape index (κ2) is 8.35. The van der Waals surface area contributed by atoms with E-state index in [9.17, 15) is 9.59 Å². The minimum atomic E-state index is -0.368. The molecule has 0 bridgehead atoms. The van der Waals surface area contributed by atoms with Crippen molar-refractivity contribution in [2.45, 2.75) is 47.0 Å². The van der Waals surface area contributed by atoms with E-state index >= 15 is 0 Å². The van der Waals surface area contributed by atoms with Gasteiger partial charge >= 0.3 is 5.97 Å². The van der Waals surface area contributed by atoms with E-state index in [1.807, 2.05) is 32.9 Å². The van der Waals surface area contributed by atoms with Gasteiger partial charge < -0.3 is 4.84 Å². The van der Waals surface area contributed by atoms with E-state index in [0.717, 1.165) is 6.42 Å². The van der Waals surface area contributed by atoms with E-state index in [4.69, 9.17) is 4.84 Å². The molecule has 0 unspecified atom stereocenters. The van der Waals surface area contributed by atoms with Gasteiger partial charge in [-0.2, -0.15) is 0 Å². The third kappa shape index (κ3) is 5.50. The highest BCUT2D eigenvalue weighted by Gasteiger charge is 2.19. The molecule has 21 heavy (non-hydrogen) atoms. The number of hydrogen-bond donors (Lipinski definition) is 0. The van der Waals surface area contributed by atoms with Crippen LogP contribution >= 0.6 is 0 Å². The second-order valence-electron chi connectivity index (χ2n) is 5.30. The van der Waals surface area contributed by atoms with Gasteiger partial charge in [-0.25, -0.2) is 4.79 Å². The third-order valence-electron chi connectivity index (χ3n) is 3.11. The van der Waals surface area contributed by atoms with Crippen molar-refractivity contribution in [2.75, 3.05) is 0 Å². The highest BCUT2D eigenvalue weighted by atomic mass is 16.7.